The summed E-state index contributed by atoms with van der Waals surface area (Å²) in [5.74, 6) is 0.815. The molecule has 13 heavy (non-hydrogen) atoms. The number of rotatable bonds is 2. The van der Waals surface area contributed by atoms with Crippen molar-refractivity contribution in [1.82, 2.24) is 14.3 Å². The molecule has 66 valence electrons. The zero-order valence-corrected chi connectivity index (χ0v) is 9.05. The van der Waals surface area contributed by atoms with Crippen LogP contribution in [0.4, 0.5) is 0 Å². The monoisotopic (exact) mass is 255 g/mol. The van der Waals surface area contributed by atoms with E-state index in [4.69, 9.17) is 0 Å². The molecule has 0 aliphatic rings. The van der Waals surface area contributed by atoms with Gasteiger partial charge in [-0.15, -0.1) is 0 Å². The van der Waals surface area contributed by atoms with E-state index >= 15 is 0 Å². The van der Waals surface area contributed by atoms with Crippen molar-refractivity contribution in [2.24, 2.45) is 0 Å². The van der Waals surface area contributed by atoms with Crippen molar-refractivity contribution in [1.29, 1.82) is 0 Å². The van der Waals surface area contributed by atoms with Crippen molar-refractivity contribution in [2.45, 2.75) is 6.42 Å². The summed E-state index contributed by atoms with van der Waals surface area (Å²) in [7, 11) is 0. The third kappa shape index (κ3) is 2.32. The van der Waals surface area contributed by atoms with Crippen LogP contribution >= 0.6 is 27.5 Å². The average Bonchev–Trinajstić information content (AvgIpc) is 2.53. The fraction of sp³-hybridized carbons (Fsp3) is 0.125. The van der Waals surface area contributed by atoms with Crippen molar-refractivity contribution in [3.8, 4) is 0 Å². The molecule has 3 nitrogen and oxygen atoms in total. The molecular weight excluding hydrogens is 250 g/mol. The van der Waals surface area contributed by atoms with Crippen molar-refractivity contribution < 1.29 is 0 Å². The fourth-order valence-electron chi connectivity index (χ4n) is 0.969. The van der Waals surface area contributed by atoms with Gasteiger partial charge in [0.1, 0.15) is 5.82 Å². The van der Waals surface area contributed by atoms with Gasteiger partial charge in [0.15, 0.2) is 3.92 Å². The zero-order chi connectivity index (χ0) is 9.10. The Balaban J connectivity index is 2.15. The molecule has 0 aliphatic heterocycles. The van der Waals surface area contributed by atoms with Gasteiger partial charge in [0.2, 0.25) is 0 Å². The molecule has 0 atom stereocenters. The van der Waals surface area contributed by atoms with Gasteiger partial charge in [0, 0.05) is 11.9 Å². The summed E-state index contributed by atoms with van der Waals surface area (Å²) >= 11 is 4.62. The highest BCUT2D eigenvalue weighted by Gasteiger charge is 2.02. The highest BCUT2D eigenvalue weighted by atomic mass is 79.9. The molecule has 0 N–H and O–H groups in total. The average molecular weight is 256 g/mol. The first-order valence-electron chi connectivity index (χ1n) is 3.72. The Morgan fingerprint density at radius 2 is 2.31 bits per heavy atom. The van der Waals surface area contributed by atoms with Crippen molar-refractivity contribution in [3.05, 3.63) is 39.8 Å². The first-order valence-corrected chi connectivity index (χ1v) is 5.29. The van der Waals surface area contributed by atoms with Gasteiger partial charge in [-0.2, -0.15) is 4.37 Å². The van der Waals surface area contributed by atoms with Gasteiger partial charge in [-0.1, -0.05) is 6.07 Å². The van der Waals surface area contributed by atoms with Gasteiger partial charge in [-0.25, -0.2) is 4.98 Å². The Bertz CT molecular complexity index is 387. The number of hydrogen-bond acceptors (Lipinski definition) is 4. The Kier molecular flexibility index (Phi) is 2.65. The van der Waals surface area contributed by atoms with Crippen LogP contribution in [0.25, 0.3) is 0 Å². The lowest BCUT2D eigenvalue weighted by atomic mass is 10.3. The summed E-state index contributed by atoms with van der Waals surface area (Å²) in [6.45, 7) is 0. The minimum atomic E-state index is 0.697. The molecule has 0 bridgehead atoms. The van der Waals surface area contributed by atoms with Crippen LogP contribution in [-0.2, 0) is 6.42 Å². The van der Waals surface area contributed by atoms with E-state index in [1.807, 2.05) is 18.2 Å². The lowest BCUT2D eigenvalue weighted by Gasteiger charge is -1.93. The molecular formula is C8H6BrN3S. The van der Waals surface area contributed by atoms with Crippen LogP contribution in [0, 0.1) is 0 Å². The highest BCUT2D eigenvalue weighted by Crippen LogP contribution is 2.13. The normalized spacial score (nSPS) is 10.2. The number of aromatic nitrogens is 3. The fourth-order valence-corrected chi connectivity index (χ4v) is 1.82. The van der Waals surface area contributed by atoms with Crippen molar-refractivity contribution in [3.63, 3.8) is 0 Å². The van der Waals surface area contributed by atoms with Crippen molar-refractivity contribution in [2.75, 3.05) is 0 Å². The second-order valence-corrected chi connectivity index (χ2v) is 4.49. The topological polar surface area (TPSA) is 38.7 Å². The SMILES string of the molecule is Brc1nc(Cc2ccccn2)ns1. The summed E-state index contributed by atoms with van der Waals surface area (Å²) in [5, 5.41) is 0. The molecule has 0 spiro atoms. The molecule has 2 heterocycles. The van der Waals surface area contributed by atoms with Crippen LogP contribution in [0.5, 0.6) is 0 Å². The standard InChI is InChI=1S/C8H6BrN3S/c9-8-11-7(12-13-8)5-6-3-1-2-4-10-6/h1-4H,5H2. The quantitative estimate of drug-likeness (QED) is 0.827. The lowest BCUT2D eigenvalue weighted by molar-refractivity contribution is 0.980. The largest absolute Gasteiger partial charge is 0.261 e. The van der Waals surface area contributed by atoms with Gasteiger partial charge in [-0.05, 0) is 39.6 Å². The van der Waals surface area contributed by atoms with Gasteiger partial charge >= 0.3 is 0 Å². The van der Waals surface area contributed by atoms with E-state index in [0.29, 0.717) is 6.42 Å². The molecule has 5 heteroatoms. The predicted molar refractivity (Wildman–Crippen MR) is 54.7 cm³/mol. The molecule has 0 radical (unpaired) electrons. The minimum absolute atomic E-state index is 0.697. The van der Waals surface area contributed by atoms with Crippen LogP contribution in [0.1, 0.15) is 11.5 Å². The summed E-state index contributed by atoms with van der Waals surface area (Å²) in [4.78, 5) is 8.38. The number of pyridine rings is 1. The summed E-state index contributed by atoms with van der Waals surface area (Å²) in [6, 6.07) is 5.83. The van der Waals surface area contributed by atoms with E-state index in [1.54, 1.807) is 6.20 Å². The Morgan fingerprint density at radius 3 is 2.92 bits per heavy atom. The van der Waals surface area contributed by atoms with E-state index < -0.39 is 0 Å². The van der Waals surface area contributed by atoms with Gasteiger partial charge < -0.3 is 0 Å². The number of nitrogens with zero attached hydrogens (tertiary/aromatic N) is 3. The smallest absolute Gasteiger partial charge is 0.179 e. The molecule has 0 aliphatic carbocycles. The predicted octanol–water partition coefficient (Wildman–Crippen LogP) is 2.29. The Hall–Kier alpha value is -0.810. The van der Waals surface area contributed by atoms with Crippen molar-refractivity contribution >= 4 is 27.5 Å². The van der Waals surface area contributed by atoms with Crippen LogP contribution in [-0.4, -0.2) is 14.3 Å². The first-order chi connectivity index (χ1) is 6.34. The van der Waals surface area contributed by atoms with Gasteiger partial charge in [-0.3, -0.25) is 4.98 Å². The van der Waals surface area contributed by atoms with E-state index in [9.17, 15) is 0 Å². The highest BCUT2D eigenvalue weighted by molar-refractivity contribution is 9.11. The third-order valence-corrected chi connectivity index (χ3v) is 2.66. The van der Waals surface area contributed by atoms with E-state index in [1.165, 1.54) is 11.5 Å². The van der Waals surface area contributed by atoms with E-state index in [0.717, 1.165) is 15.4 Å². The maximum absolute atomic E-state index is 4.19. The van der Waals surface area contributed by atoms with Crippen LogP contribution < -0.4 is 0 Å². The molecule has 0 saturated carbocycles. The Labute approximate surface area is 88.2 Å². The lowest BCUT2D eigenvalue weighted by Crippen LogP contribution is -1.92. The van der Waals surface area contributed by atoms with Gasteiger partial charge in [0.25, 0.3) is 0 Å². The second-order valence-electron chi connectivity index (χ2n) is 2.46. The third-order valence-electron chi connectivity index (χ3n) is 1.51. The van der Waals surface area contributed by atoms with Crippen LogP contribution in [0.15, 0.2) is 28.3 Å². The first kappa shape index (κ1) is 8.77. The van der Waals surface area contributed by atoms with Crippen LogP contribution in [0.3, 0.4) is 0 Å². The minimum Gasteiger partial charge on any atom is -0.261 e. The maximum Gasteiger partial charge on any atom is 0.179 e. The maximum atomic E-state index is 4.19. The molecule has 2 aromatic rings. The summed E-state index contributed by atoms with van der Waals surface area (Å²) in [5.41, 5.74) is 0.993. The van der Waals surface area contributed by atoms with E-state index in [-0.39, 0.29) is 0 Å². The number of halogens is 1. The molecule has 0 saturated heterocycles. The molecule has 0 unspecified atom stereocenters. The molecule has 0 amide bonds. The van der Waals surface area contributed by atoms with Crippen LogP contribution in [0.2, 0.25) is 0 Å². The molecule has 2 rings (SSSR count). The summed E-state index contributed by atoms with van der Waals surface area (Å²) in [6.07, 6.45) is 2.47. The number of hydrogen-bond donors (Lipinski definition) is 0. The molecule has 0 aromatic carbocycles. The Morgan fingerprint density at radius 1 is 1.38 bits per heavy atom. The van der Waals surface area contributed by atoms with E-state index in [2.05, 4.69) is 30.3 Å². The molecule has 2 aromatic heterocycles. The van der Waals surface area contributed by atoms with Gasteiger partial charge in [0.05, 0.1) is 6.42 Å². The zero-order valence-electron chi connectivity index (χ0n) is 6.64. The summed E-state index contributed by atoms with van der Waals surface area (Å²) < 4.78 is 4.97. The molecule has 0 fully saturated rings. The second kappa shape index (κ2) is 3.93.